The first-order valence-corrected chi connectivity index (χ1v) is 5.94. The Bertz CT molecular complexity index is 373. The van der Waals surface area contributed by atoms with E-state index in [1.165, 1.54) is 11.3 Å². The predicted molar refractivity (Wildman–Crippen MR) is 63.2 cm³/mol. The summed E-state index contributed by atoms with van der Waals surface area (Å²) in [6.07, 6.45) is 1.12. The molecule has 0 saturated carbocycles. The number of aliphatic hydroxyl groups is 1. The van der Waals surface area contributed by atoms with Crippen LogP contribution in [-0.4, -0.2) is 39.5 Å². The number of likely N-dealkylation sites (tertiary alicyclic amines) is 1. The van der Waals surface area contributed by atoms with Gasteiger partial charge in [0.2, 0.25) is 0 Å². The molecular formula is C12H21N3O. The second kappa shape index (κ2) is 4.55. The first-order valence-electron chi connectivity index (χ1n) is 5.94. The first-order chi connectivity index (χ1) is 7.61. The van der Waals surface area contributed by atoms with Gasteiger partial charge in [0, 0.05) is 38.0 Å². The summed E-state index contributed by atoms with van der Waals surface area (Å²) < 4.78 is 1.95. The van der Waals surface area contributed by atoms with E-state index < -0.39 is 0 Å². The van der Waals surface area contributed by atoms with Crippen LogP contribution in [0.1, 0.15) is 23.4 Å². The zero-order valence-corrected chi connectivity index (χ0v) is 10.4. The van der Waals surface area contributed by atoms with Crippen LogP contribution in [0.5, 0.6) is 0 Å². The summed E-state index contributed by atoms with van der Waals surface area (Å²) >= 11 is 0. The van der Waals surface area contributed by atoms with Crippen molar-refractivity contribution in [1.29, 1.82) is 0 Å². The highest BCUT2D eigenvalue weighted by molar-refractivity contribution is 5.24. The summed E-state index contributed by atoms with van der Waals surface area (Å²) in [7, 11) is 1.99. The van der Waals surface area contributed by atoms with Crippen LogP contribution in [0.2, 0.25) is 0 Å². The van der Waals surface area contributed by atoms with Gasteiger partial charge in [0.25, 0.3) is 0 Å². The second-order valence-electron chi connectivity index (χ2n) is 4.85. The van der Waals surface area contributed by atoms with Crippen molar-refractivity contribution in [3.05, 3.63) is 17.0 Å². The molecule has 0 aliphatic carbocycles. The molecule has 0 amide bonds. The molecule has 90 valence electrons. The third kappa shape index (κ3) is 2.13. The number of rotatable bonds is 3. The molecule has 2 rings (SSSR count). The Morgan fingerprint density at radius 3 is 2.69 bits per heavy atom. The Morgan fingerprint density at radius 2 is 2.19 bits per heavy atom. The SMILES string of the molecule is Cc1nn(C)c(C)c1CN1CCC(CO)C1. The Kier molecular flexibility index (Phi) is 3.30. The molecule has 1 fully saturated rings. The maximum atomic E-state index is 9.12. The molecule has 0 aromatic carbocycles. The highest BCUT2D eigenvalue weighted by Crippen LogP contribution is 2.21. The van der Waals surface area contributed by atoms with Gasteiger partial charge in [0.05, 0.1) is 5.69 Å². The maximum Gasteiger partial charge on any atom is 0.0641 e. The van der Waals surface area contributed by atoms with Crippen LogP contribution in [0.25, 0.3) is 0 Å². The summed E-state index contributed by atoms with van der Waals surface area (Å²) in [5, 5.41) is 13.6. The molecular weight excluding hydrogens is 202 g/mol. The molecule has 1 aliphatic heterocycles. The minimum atomic E-state index is 0.321. The molecule has 4 heteroatoms. The number of aromatic nitrogens is 2. The zero-order chi connectivity index (χ0) is 11.7. The van der Waals surface area contributed by atoms with E-state index in [1.807, 2.05) is 11.7 Å². The minimum Gasteiger partial charge on any atom is -0.396 e. The van der Waals surface area contributed by atoms with Crippen LogP contribution in [0, 0.1) is 19.8 Å². The van der Waals surface area contributed by atoms with Crippen LogP contribution in [-0.2, 0) is 13.6 Å². The van der Waals surface area contributed by atoms with Crippen molar-refractivity contribution >= 4 is 0 Å². The fourth-order valence-corrected chi connectivity index (χ4v) is 2.48. The van der Waals surface area contributed by atoms with Crippen LogP contribution < -0.4 is 0 Å². The summed E-state index contributed by atoms with van der Waals surface area (Å²) in [5.41, 5.74) is 3.73. The van der Waals surface area contributed by atoms with Gasteiger partial charge in [-0.3, -0.25) is 9.58 Å². The van der Waals surface area contributed by atoms with Crippen molar-refractivity contribution in [2.45, 2.75) is 26.8 Å². The standard InChI is InChI=1S/C12H21N3O/c1-9-12(10(2)14(3)13-9)7-15-5-4-11(6-15)8-16/h11,16H,4-8H2,1-3H3. The number of aliphatic hydroxyl groups excluding tert-OH is 1. The van der Waals surface area contributed by atoms with Gasteiger partial charge in [-0.2, -0.15) is 5.10 Å². The first kappa shape index (κ1) is 11.6. The molecule has 16 heavy (non-hydrogen) atoms. The average molecular weight is 223 g/mol. The van der Waals surface area contributed by atoms with Crippen molar-refractivity contribution < 1.29 is 5.11 Å². The van der Waals surface area contributed by atoms with E-state index in [1.54, 1.807) is 0 Å². The molecule has 0 radical (unpaired) electrons. The van der Waals surface area contributed by atoms with Crippen molar-refractivity contribution in [3.8, 4) is 0 Å². The van der Waals surface area contributed by atoms with E-state index in [-0.39, 0.29) is 0 Å². The van der Waals surface area contributed by atoms with Gasteiger partial charge in [0.15, 0.2) is 0 Å². The third-order valence-corrected chi connectivity index (χ3v) is 3.67. The van der Waals surface area contributed by atoms with E-state index in [2.05, 4.69) is 23.8 Å². The van der Waals surface area contributed by atoms with E-state index in [4.69, 9.17) is 5.11 Å². The third-order valence-electron chi connectivity index (χ3n) is 3.67. The Balaban J connectivity index is 2.04. The summed E-state index contributed by atoms with van der Waals surface area (Å²) in [4.78, 5) is 2.41. The number of hydrogen-bond donors (Lipinski definition) is 1. The molecule has 1 aliphatic rings. The highest BCUT2D eigenvalue weighted by Gasteiger charge is 2.23. The Hall–Kier alpha value is -0.870. The highest BCUT2D eigenvalue weighted by atomic mass is 16.3. The molecule has 1 atom stereocenters. The molecule has 4 nitrogen and oxygen atoms in total. The van der Waals surface area contributed by atoms with Crippen LogP contribution in [0.3, 0.4) is 0 Å². The molecule has 1 saturated heterocycles. The van der Waals surface area contributed by atoms with Crippen LogP contribution >= 0.6 is 0 Å². The fraction of sp³-hybridized carbons (Fsp3) is 0.750. The van der Waals surface area contributed by atoms with Gasteiger partial charge >= 0.3 is 0 Å². The molecule has 2 heterocycles. The topological polar surface area (TPSA) is 41.3 Å². The number of nitrogens with zero attached hydrogens (tertiary/aromatic N) is 3. The van der Waals surface area contributed by atoms with Gasteiger partial charge in [-0.15, -0.1) is 0 Å². The van der Waals surface area contributed by atoms with E-state index in [0.717, 1.165) is 31.7 Å². The van der Waals surface area contributed by atoms with Crippen molar-refractivity contribution in [2.24, 2.45) is 13.0 Å². The smallest absolute Gasteiger partial charge is 0.0641 e. The molecule has 0 bridgehead atoms. The molecule has 0 spiro atoms. The van der Waals surface area contributed by atoms with Crippen LogP contribution in [0.4, 0.5) is 0 Å². The lowest BCUT2D eigenvalue weighted by Gasteiger charge is -2.15. The van der Waals surface area contributed by atoms with Crippen molar-refractivity contribution in [1.82, 2.24) is 14.7 Å². The normalized spacial score (nSPS) is 21.9. The minimum absolute atomic E-state index is 0.321. The van der Waals surface area contributed by atoms with E-state index >= 15 is 0 Å². The molecule has 1 aromatic rings. The van der Waals surface area contributed by atoms with E-state index in [0.29, 0.717) is 12.5 Å². The lowest BCUT2D eigenvalue weighted by molar-refractivity contribution is 0.220. The van der Waals surface area contributed by atoms with Gasteiger partial charge in [0.1, 0.15) is 0 Å². The molecule has 1 unspecified atom stereocenters. The summed E-state index contributed by atoms with van der Waals surface area (Å²) in [6, 6.07) is 0. The lowest BCUT2D eigenvalue weighted by Crippen LogP contribution is -2.21. The lowest BCUT2D eigenvalue weighted by atomic mass is 10.1. The predicted octanol–water partition coefficient (Wildman–Crippen LogP) is 0.851. The number of hydrogen-bond acceptors (Lipinski definition) is 3. The quantitative estimate of drug-likeness (QED) is 0.826. The maximum absolute atomic E-state index is 9.12. The van der Waals surface area contributed by atoms with Gasteiger partial charge in [-0.1, -0.05) is 0 Å². The Morgan fingerprint density at radius 1 is 1.44 bits per heavy atom. The molecule has 1 aromatic heterocycles. The monoisotopic (exact) mass is 223 g/mol. The van der Waals surface area contributed by atoms with Crippen molar-refractivity contribution in [3.63, 3.8) is 0 Å². The zero-order valence-electron chi connectivity index (χ0n) is 10.4. The average Bonchev–Trinajstić information content (AvgIpc) is 2.80. The molecule has 1 N–H and O–H groups in total. The van der Waals surface area contributed by atoms with Gasteiger partial charge in [-0.25, -0.2) is 0 Å². The number of aryl methyl sites for hydroxylation is 2. The Labute approximate surface area is 96.9 Å². The second-order valence-corrected chi connectivity index (χ2v) is 4.85. The van der Waals surface area contributed by atoms with Crippen molar-refractivity contribution in [2.75, 3.05) is 19.7 Å². The largest absolute Gasteiger partial charge is 0.396 e. The van der Waals surface area contributed by atoms with Gasteiger partial charge < -0.3 is 5.11 Å². The summed E-state index contributed by atoms with van der Waals surface area (Å²) in [5.74, 6) is 0.470. The van der Waals surface area contributed by atoms with Crippen LogP contribution in [0.15, 0.2) is 0 Å². The van der Waals surface area contributed by atoms with Gasteiger partial charge in [-0.05, 0) is 32.7 Å². The summed E-state index contributed by atoms with van der Waals surface area (Å²) in [6.45, 7) is 7.60. The van der Waals surface area contributed by atoms with E-state index in [9.17, 15) is 0 Å². The fourth-order valence-electron chi connectivity index (χ4n) is 2.48.